The monoisotopic (exact) mass is 164 g/mol. The summed E-state index contributed by atoms with van der Waals surface area (Å²) in [6.45, 7) is 5.56. The SMILES string of the molecule is CCP1(=O)OC(C)C(C)O1. The zero-order valence-corrected chi connectivity index (χ0v) is 7.43. The first-order chi connectivity index (χ1) is 4.57. The van der Waals surface area contributed by atoms with E-state index in [1.165, 1.54) is 0 Å². The Hall–Kier alpha value is 0.150. The molecule has 0 N–H and O–H groups in total. The van der Waals surface area contributed by atoms with Crippen LogP contribution in [0.4, 0.5) is 0 Å². The van der Waals surface area contributed by atoms with Gasteiger partial charge in [0.25, 0.3) is 0 Å². The highest BCUT2D eigenvalue weighted by atomic mass is 31.2. The lowest BCUT2D eigenvalue weighted by Gasteiger charge is -2.04. The molecular weight excluding hydrogens is 151 g/mol. The van der Waals surface area contributed by atoms with Crippen molar-refractivity contribution in [1.82, 2.24) is 0 Å². The van der Waals surface area contributed by atoms with Crippen molar-refractivity contribution >= 4 is 7.60 Å². The molecule has 1 heterocycles. The molecule has 0 saturated carbocycles. The number of rotatable bonds is 1. The van der Waals surface area contributed by atoms with Crippen molar-refractivity contribution in [3.05, 3.63) is 0 Å². The molecule has 2 atom stereocenters. The third kappa shape index (κ3) is 1.42. The highest BCUT2D eigenvalue weighted by Gasteiger charge is 2.37. The Morgan fingerprint density at radius 1 is 1.30 bits per heavy atom. The van der Waals surface area contributed by atoms with Crippen LogP contribution in [-0.4, -0.2) is 18.4 Å². The van der Waals surface area contributed by atoms with Gasteiger partial charge in [-0.2, -0.15) is 0 Å². The van der Waals surface area contributed by atoms with Gasteiger partial charge in [-0.05, 0) is 13.8 Å². The molecule has 0 aliphatic carbocycles. The van der Waals surface area contributed by atoms with E-state index in [9.17, 15) is 4.57 Å². The maximum atomic E-state index is 11.4. The van der Waals surface area contributed by atoms with E-state index in [-0.39, 0.29) is 12.2 Å². The summed E-state index contributed by atoms with van der Waals surface area (Å²) >= 11 is 0. The van der Waals surface area contributed by atoms with Crippen LogP contribution >= 0.6 is 7.60 Å². The molecular formula is C6H13O3P. The fourth-order valence-electron chi connectivity index (χ4n) is 0.852. The fourth-order valence-corrected chi connectivity index (χ4v) is 2.56. The van der Waals surface area contributed by atoms with Crippen LogP contribution in [0.3, 0.4) is 0 Å². The van der Waals surface area contributed by atoms with Gasteiger partial charge in [-0.25, -0.2) is 0 Å². The van der Waals surface area contributed by atoms with Crippen LogP contribution in [0.1, 0.15) is 20.8 Å². The molecule has 0 spiro atoms. The van der Waals surface area contributed by atoms with E-state index >= 15 is 0 Å². The molecule has 0 radical (unpaired) electrons. The number of hydrogen-bond acceptors (Lipinski definition) is 3. The molecule has 0 bridgehead atoms. The van der Waals surface area contributed by atoms with Gasteiger partial charge in [0.2, 0.25) is 0 Å². The van der Waals surface area contributed by atoms with E-state index in [0.717, 1.165) is 0 Å². The third-order valence-corrected chi connectivity index (χ3v) is 3.78. The Morgan fingerprint density at radius 2 is 1.70 bits per heavy atom. The minimum atomic E-state index is -2.66. The normalized spacial score (nSPS) is 47.9. The summed E-state index contributed by atoms with van der Waals surface area (Å²) in [7, 11) is -2.66. The molecule has 1 saturated heterocycles. The summed E-state index contributed by atoms with van der Waals surface area (Å²) in [4.78, 5) is 0. The van der Waals surface area contributed by atoms with Crippen molar-refractivity contribution in [2.45, 2.75) is 33.0 Å². The first-order valence-electron chi connectivity index (χ1n) is 3.53. The van der Waals surface area contributed by atoms with Crippen molar-refractivity contribution < 1.29 is 13.6 Å². The molecule has 3 nitrogen and oxygen atoms in total. The summed E-state index contributed by atoms with van der Waals surface area (Å²) in [6, 6.07) is 0. The summed E-state index contributed by atoms with van der Waals surface area (Å²) in [5.74, 6) is 0. The third-order valence-electron chi connectivity index (χ3n) is 1.70. The van der Waals surface area contributed by atoms with Gasteiger partial charge in [0, 0.05) is 6.16 Å². The Morgan fingerprint density at radius 3 is 1.90 bits per heavy atom. The molecule has 1 aliphatic heterocycles. The van der Waals surface area contributed by atoms with Gasteiger partial charge < -0.3 is 9.05 Å². The van der Waals surface area contributed by atoms with Crippen molar-refractivity contribution in [3.8, 4) is 0 Å². The van der Waals surface area contributed by atoms with Crippen LogP contribution < -0.4 is 0 Å². The predicted molar refractivity (Wildman–Crippen MR) is 39.2 cm³/mol. The molecule has 10 heavy (non-hydrogen) atoms. The molecule has 0 aromatic carbocycles. The molecule has 0 amide bonds. The van der Waals surface area contributed by atoms with Crippen LogP contribution in [0, 0.1) is 0 Å². The molecule has 0 aromatic rings. The molecule has 1 fully saturated rings. The van der Waals surface area contributed by atoms with Gasteiger partial charge in [-0.3, -0.25) is 4.57 Å². The molecule has 60 valence electrons. The summed E-state index contributed by atoms with van der Waals surface area (Å²) < 4.78 is 21.6. The Kier molecular flexibility index (Phi) is 2.18. The average molecular weight is 164 g/mol. The van der Waals surface area contributed by atoms with Crippen LogP contribution in [-0.2, 0) is 13.6 Å². The van der Waals surface area contributed by atoms with Crippen LogP contribution in [0.25, 0.3) is 0 Å². The minimum absolute atomic E-state index is 0.0224. The second kappa shape index (κ2) is 2.65. The quantitative estimate of drug-likeness (QED) is 0.556. The Labute approximate surface area is 61.2 Å². The average Bonchev–Trinajstić information content (AvgIpc) is 2.10. The van der Waals surface area contributed by atoms with Crippen molar-refractivity contribution in [1.29, 1.82) is 0 Å². The lowest BCUT2D eigenvalue weighted by Crippen LogP contribution is -2.13. The van der Waals surface area contributed by atoms with E-state index in [1.807, 2.05) is 20.8 Å². The van der Waals surface area contributed by atoms with Crippen LogP contribution in [0.5, 0.6) is 0 Å². The zero-order chi connectivity index (χ0) is 7.78. The van der Waals surface area contributed by atoms with E-state index in [2.05, 4.69) is 0 Å². The smallest absolute Gasteiger partial charge is 0.303 e. The van der Waals surface area contributed by atoms with Gasteiger partial charge in [0.1, 0.15) is 0 Å². The maximum absolute atomic E-state index is 11.4. The van der Waals surface area contributed by atoms with E-state index < -0.39 is 7.60 Å². The molecule has 0 aromatic heterocycles. The molecule has 2 unspecified atom stereocenters. The minimum Gasteiger partial charge on any atom is -0.303 e. The van der Waals surface area contributed by atoms with Gasteiger partial charge in [-0.15, -0.1) is 0 Å². The van der Waals surface area contributed by atoms with E-state index in [1.54, 1.807) is 0 Å². The van der Waals surface area contributed by atoms with Gasteiger partial charge in [0.05, 0.1) is 12.2 Å². The van der Waals surface area contributed by atoms with E-state index in [0.29, 0.717) is 6.16 Å². The topological polar surface area (TPSA) is 35.5 Å². The first kappa shape index (κ1) is 8.25. The lowest BCUT2D eigenvalue weighted by atomic mass is 10.3. The van der Waals surface area contributed by atoms with Crippen LogP contribution in [0.15, 0.2) is 0 Å². The van der Waals surface area contributed by atoms with Crippen molar-refractivity contribution in [2.75, 3.05) is 6.16 Å². The molecule has 1 rings (SSSR count). The second-order valence-electron chi connectivity index (χ2n) is 2.55. The lowest BCUT2D eigenvalue weighted by molar-refractivity contribution is 0.187. The van der Waals surface area contributed by atoms with E-state index in [4.69, 9.17) is 9.05 Å². The fraction of sp³-hybridized carbons (Fsp3) is 1.00. The van der Waals surface area contributed by atoms with Crippen LogP contribution in [0.2, 0.25) is 0 Å². The van der Waals surface area contributed by atoms with Gasteiger partial charge in [0.15, 0.2) is 0 Å². The highest BCUT2D eigenvalue weighted by Crippen LogP contribution is 2.55. The largest absolute Gasteiger partial charge is 0.331 e. The summed E-state index contributed by atoms with van der Waals surface area (Å²) in [5, 5.41) is 0. The first-order valence-corrected chi connectivity index (χ1v) is 5.26. The second-order valence-corrected chi connectivity index (χ2v) is 4.82. The van der Waals surface area contributed by atoms with Crippen molar-refractivity contribution in [2.24, 2.45) is 0 Å². The van der Waals surface area contributed by atoms with Gasteiger partial charge >= 0.3 is 7.60 Å². The summed E-state index contributed by atoms with van der Waals surface area (Å²) in [5.41, 5.74) is 0. The zero-order valence-electron chi connectivity index (χ0n) is 6.53. The molecule has 1 aliphatic rings. The number of hydrogen-bond donors (Lipinski definition) is 0. The standard InChI is InChI=1S/C6H13O3P/c1-4-10(7)8-5(2)6(3)9-10/h5-6H,4H2,1-3H3. The maximum Gasteiger partial charge on any atom is 0.331 e. The van der Waals surface area contributed by atoms with Crippen molar-refractivity contribution in [3.63, 3.8) is 0 Å². The highest BCUT2D eigenvalue weighted by molar-refractivity contribution is 7.54. The predicted octanol–water partition coefficient (Wildman–Crippen LogP) is 2.02. The Bertz CT molecular complexity index is 154. The summed E-state index contributed by atoms with van der Waals surface area (Å²) in [6.07, 6.45) is 0.429. The molecule has 4 heteroatoms. The Balaban J connectivity index is 2.64. The van der Waals surface area contributed by atoms with Gasteiger partial charge in [-0.1, -0.05) is 6.92 Å².